The van der Waals surface area contributed by atoms with Gasteiger partial charge in [-0.15, -0.1) is 0 Å². The highest BCUT2D eigenvalue weighted by Gasteiger charge is 2.35. The Morgan fingerprint density at radius 1 is 1.37 bits per heavy atom. The summed E-state index contributed by atoms with van der Waals surface area (Å²) in [7, 11) is 1.69. The summed E-state index contributed by atoms with van der Waals surface area (Å²) in [6.07, 6.45) is 1.23. The molecule has 106 valence electrons. The van der Waals surface area contributed by atoms with E-state index in [0.717, 1.165) is 24.5 Å². The molecule has 0 aromatic heterocycles. The monoisotopic (exact) mass is 263 g/mol. The average molecular weight is 263 g/mol. The Bertz CT molecular complexity index is 437. The van der Waals surface area contributed by atoms with Crippen LogP contribution < -0.4 is 14.8 Å². The molecule has 0 spiro atoms. The number of ether oxygens (including phenoxy) is 2. The molecule has 0 bridgehead atoms. The Kier molecular flexibility index (Phi) is 4.04. The molecule has 2 rings (SSSR count). The van der Waals surface area contributed by atoms with Crippen LogP contribution in [0.1, 0.15) is 45.7 Å². The van der Waals surface area contributed by atoms with E-state index in [1.807, 2.05) is 12.1 Å². The molecule has 0 saturated carbocycles. The largest absolute Gasteiger partial charge is 0.497 e. The Balaban J connectivity index is 2.35. The van der Waals surface area contributed by atoms with E-state index in [1.54, 1.807) is 7.11 Å². The molecular formula is C16H25NO2. The van der Waals surface area contributed by atoms with Crippen LogP contribution in [0.4, 0.5) is 0 Å². The molecule has 1 aromatic carbocycles. The van der Waals surface area contributed by atoms with Crippen LogP contribution in [0.5, 0.6) is 11.5 Å². The quantitative estimate of drug-likeness (QED) is 0.904. The van der Waals surface area contributed by atoms with Crippen molar-refractivity contribution in [2.45, 2.75) is 46.3 Å². The van der Waals surface area contributed by atoms with Crippen molar-refractivity contribution in [2.75, 3.05) is 13.7 Å². The molecule has 1 N–H and O–H groups in total. The van der Waals surface area contributed by atoms with E-state index in [1.165, 1.54) is 5.56 Å². The van der Waals surface area contributed by atoms with Crippen molar-refractivity contribution in [2.24, 2.45) is 5.41 Å². The van der Waals surface area contributed by atoms with Gasteiger partial charge in [0.05, 0.1) is 7.11 Å². The van der Waals surface area contributed by atoms with Gasteiger partial charge in [-0.1, -0.05) is 33.8 Å². The Morgan fingerprint density at radius 2 is 2.11 bits per heavy atom. The fraction of sp³-hybridized carbons (Fsp3) is 0.625. The molecular weight excluding hydrogens is 238 g/mol. The summed E-state index contributed by atoms with van der Waals surface area (Å²) in [4.78, 5) is 0. The van der Waals surface area contributed by atoms with E-state index in [2.05, 4.69) is 39.1 Å². The molecule has 0 amide bonds. The highest BCUT2D eigenvalue weighted by Crippen LogP contribution is 2.41. The van der Waals surface area contributed by atoms with Gasteiger partial charge in [0.2, 0.25) is 0 Å². The number of methoxy groups -OCH3 is 1. The predicted molar refractivity (Wildman–Crippen MR) is 77.9 cm³/mol. The summed E-state index contributed by atoms with van der Waals surface area (Å²) < 4.78 is 11.5. The molecule has 19 heavy (non-hydrogen) atoms. The standard InChI is InChI=1S/C16H25NO2/c1-6-17-13-10-15(16(2,3)4)19-14-9-11(18-5)7-8-12(13)14/h7-9,13,15,17H,6,10H2,1-5H3. The van der Waals surface area contributed by atoms with Gasteiger partial charge in [0.15, 0.2) is 0 Å². The van der Waals surface area contributed by atoms with Crippen molar-refractivity contribution in [1.29, 1.82) is 0 Å². The van der Waals surface area contributed by atoms with Crippen molar-refractivity contribution in [3.05, 3.63) is 23.8 Å². The van der Waals surface area contributed by atoms with E-state index < -0.39 is 0 Å². The molecule has 1 heterocycles. The number of hydrogen-bond acceptors (Lipinski definition) is 3. The molecule has 0 saturated heterocycles. The molecule has 3 heteroatoms. The minimum Gasteiger partial charge on any atom is -0.497 e. The van der Waals surface area contributed by atoms with Gasteiger partial charge in [0, 0.05) is 24.1 Å². The first-order valence-corrected chi connectivity index (χ1v) is 7.03. The van der Waals surface area contributed by atoms with Gasteiger partial charge in [-0.05, 0) is 18.0 Å². The van der Waals surface area contributed by atoms with Gasteiger partial charge in [-0.2, -0.15) is 0 Å². The zero-order valence-corrected chi connectivity index (χ0v) is 12.6. The summed E-state index contributed by atoms with van der Waals surface area (Å²) in [5, 5.41) is 3.56. The molecule has 1 aromatic rings. The molecule has 0 radical (unpaired) electrons. The van der Waals surface area contributed by atoms with E-state index in [-0.39, 0.29) is 11.5 Å². The van der Waals surface area contributed by atoms with Gasteiger partial charge < -0.3 is 14.8 Å². The lowest BCUT2D eigenvalue weighted by molar-refractivity contribution is 0.0529. The van der Waals surface area contributed by atoms with Gasteiger partial charge in [-0.3, -0.25) is 0 Å². The van der Waals surface area contributed by atoms with E-state index >= 15 is 0 Å². The zero-order chi connectivity index (χ0) is 14.0. The fourth-order valence-corrected chi connectivity index (χ4v) is 2.54. The zero-order valence-electron chi connectivity index (χ0n) is 12.6. The van der Waals surface area contributed by atoms with Gasteiger partial charge in [0.1, 0.15) is 17.6 Å². The highest BCUT2D eigenvalue weighted by atomic mass is 16.5. The lowest BCUT2D eigenvalue weighted by Crippen LogP contribution is -2.40. The summed E-state index contributed by atoms with van der Waals surface area (Å²) in [6.45, 7) is 9.79. The lowest BCUT2D eigenvalue weighted by atomic mass is 9.82. The maximum Gasteiger partial charge on any atom is 0.128 e. The van der Waals surface area contributed by atoms with Crippen molar-refractivity contribution >= 4 is 0 Å². The second-order valence-electron chi connectivity index (χ2n) is 6.22. The molecule has 2 atom stereocenters. The van der Waals surface area contributed by atoms with Crippen molar-refractivity contribution < 1.29 is 9.47 Å². The number of rotatable bonds is 3. The molecule has 2 unspecified atom stereocenters. The van der Waals surface area contributed by atoms with Crippen LogP contribution >= 0.6 is 0 Å². The third-order valence-electron chi connectivity index (χ3n) is 3.73. The van der Waals surface area contributed by atoms with Crippen molar-refractivity contribution in [3.63, 3.8) is 0 Å². The number of benzene rings is 1. The van der Waals surface area contributed by atoms with Gasteiger partial charge in [-0.25, -0.2) is 0 Å². The minimum absolute atomic E-state index is 0.133. The first kappa shape index (κ1) is 14.2. The Hall–Kier alpha value is -1.22. The second-order valence-corrected chi connectivity index (χ2v) is 6.22. The molecule has 1 aliphatic rings. The van der Waals surface area contributed by atoms with Crippen LogP contribution in [0.15, 0.2) is 18.2 Å². The van der Waals surface area contributed by atoms with E-state index in [9.17, 15) is 0 Å². The third-order valence-corrected chi connectivity index (χ3v) is 3.73. The summed E-state index contributed by atoms with van der Waals surface area (Å²) in [5.41, 5.74) is 1.37. The van der Waals surface area contributed by atoms with Gasteiger partial charge >= 0.3 is 0 Å². The topological polar surface area (TPSA) is 30.5 Å². The molecule has 3 nitrogen and oxygen atoms in total. The maximum absolute atomic E-state index is 6.20. The second kappa shape index (κ2) is 5.41. The van der Waals surface area contributed by atoms with Gasteiger partial charge in [0.25, 0.3) is 0 Å². The molecule has 1 aliphatic heterocycles. The van der Waals surface area contributed by atoms with Crippen LogP contribution in [0.2, 0.25) is 0 Å². The summed E-state index contributed by atoms with van der Waals surface area (Å²) in [6, 6.07) is 6.48. The SMILES string of the molecule is CCNC1CC(C(C)(C)C)Oc2cc(OC)ccc21. The van der Waals surface area contributed by atoms with Crippen LogP contribution in [0.3, 0.4) is 0 Å². The predicted octanol–water partition coefficient (Wildman–Crippen LogP) is 3.54. The van der Waals surface area contributed by atoms with E-state index in [4.69, 9.17) is 9.47 Å². The van der Waals surface area contributed by atoms with Crippen LogP contribution in [0.25, 0.3) is 0 Å². The van der Waals surface area contributed by atoms with Crippen LogP contribution in [-0.4, -0.2) is 19.8 Å². The average Bonchev–Trinajstić information content (AvgIpc) is 2.37. The molecule has 0 aliphatic carbocycles. The summed E-state index contributed by atoms with van der Waals surface area (Å²) in [5.74, 6) is 1.81. The summed E-state index contributed by atoms with van der Waals surface area (Å²) >= 11 is 0. The third kappa shape index (κ3) is 3.03. The Morgan fingerprint density at radius 3 is 2.68 bits per heavy atom. The van der Waals surface area contributed by atoms with Crippen LogP contribution in [-0.2, 0) is 0 Å². The molecule has 0 fully saturated rings. The number of fused-ring (bicyclic) bond motifs is 1. The van der Waals surface area contributed by atoms with Crippen LogP contribution in [0, 0.1) is 5.41 Å². The normalized spacial score (nSPS) is 22.6. The minimum atomic E-state index is 0.133. The van der Waals surface area contributed by atoms with E-state index in [0.29, 0.717) is 6.04 Å². The van der Waals surface area contributed by atoms with Crippen molar-refractivity contribution in [3.8, 4) is 11.5 Å². The first-order valence-electron chi connectivity index (χ1n) is 7.03. The maximum atomic E-state index is 6.20. The number of nitrogens with one attached hydrogen (secondary N) is 1. The Labute approximate surface area is 116 Å². The smallest absolute Gasteiger partial charge is 0.128 e. The highest BCUT2D eigenvalue weighted by molar-refractivity contribution is 5.44. The van der Waals surface area contributed by atoms with Crippen molar-refractivity contribution in [1.82, 2.24) is 5.32 Å². The first-order chi connectivity index (χ1) is 8.95. The lowest BCUT2D eigenvalue weighted by Gasteiger charge is -2.39. The fourth-order valence-electron chi connectivity index (χ4n) is 2.54. The number of hydrogen-bond donors (Lipinski definition) is 1.